The van der Waals surface area contributed by atoms with E-state index in [4.69, 9.17) is 18.7 Å². The maximum absolute atomic E-state index is 5.29. The van der Waals surface area contributed by atoms with Gasteiger partial charge in [0.25, 0.3) is 5.89 Å². The van der Waals surface area contributed by atoms with Crippen molar-refractivity contribution in [3.63, 3.8) is 0 Å². The molecule has 2 aromatic carbocycles. The summed E-state index contributed by atoms with van der Waals surface area (Å²) in [6, 6.07) is 13.1. The number of hydrogen-bond donors (Lipinski definition) is 0. The van der Waals surface area contributed by atoms with Crippen molar-refractivity contribution in [3.05, 3.63) is 53.9 Å². The molecular weight excluding hydrogens is 320 g/mol. The Labute approximate surface area is 145 Å². The summed E-state index contributed by atoms with van der Waals surface area (Å²) in [6.45, 7) is 0. The fraction of sp³-hybridized carbons (Fsp3) is 0.158. The van der Waals surface area contributed by atoms with Crippen LogP contribution in [0.15, 0.2) is 47.0 Å². The number of rotatable bonds is 6. The van der Waals surface area contributed by atoms with Gasteiger partial charge >= 0.3 is 0 Å². The van der Waals surface area contributed by atoms with Gasteiger partial charge in [0, 0.05) is 11.6 Å². The van der Waals surface area contributed by atoms with Gasteiger partial charge < -0.3 is 18.7 Å². The topological polar surface area (TPSA) is 66.6 Å². The van der Waals surface area contributed by atoms with Gasteiger partial charge in [-0.15, -0.1) is 0 Å². The van der Waals surface area contributed by atoms with Crippen LogP contribution >= 0.6 is 0 Å². The van der Waals surface area contributed by atoms with E-state index < -0.39 is 0 Å². The Morgan fingerprint density at radius 2 is 1.72 bits per heavy atom. The molecule has 3 rings (SSSR count). The summed E-state index contributed by atoms with van der Waals surface area (Å²) >= 11 is 0. The minimum absolute atomic E-state index is 0.410. The first-order valence-electron chi connectivity index (χ1n) is 7.61. The summed E-state index contributed by atoms with van der Waals surface area (Å²) in [4.78, 5) is 4.37. The van der Waals surface area contributed by atoms with E-state index in [1.54, 1.807) is 27.4 Å². The van der Waals surface area contributed by atoms with Crippen molar-refractivity contribution in [1.82, 2.24) is 10.1 Å². The molecule has 0 aliphatic rings. The highest BCUT2D eigenvalue weighted by Gasteiger charge is 2.08. The molecule has 0 spiro atoms. The molecule has 0 unspecified atom stereocenters. The molecule has 6 heteroatoms. The van der Waals surface area contributed by atoms with E-state index in [-0.39, 0.29) is 0 Å². The highest BCUT2D eigenvalue weighted by atomic mass is 16.5. The second kappa shape index (κ2) is 7.53. The average Bonchev–Trinajstić information content (AvgIpc) is 3.15. The fourth-order valence-corrected chi connectivity index (χ4v) is 2.31. The summed E-state index contributed by atoms with van der Waals surface area (Å²) in [5, 5.41) is 4.00. The lowest BCUT2D eigenvalue weighted by Crippen LogP contribution is -1.90. The van der Waals surface area contributed by atoms with Crippen LogP contribution in [0, 0.1) is 0 Å². The first kappa shape index (κ1) is 16.6. The van der Waals surface area contributed by atoms with Crippen LogP contribution in [-0.2, 0) is 0 Å². The minimum Gasteiger partial charge on any atom is -0.497 e. The van der Waals surface area contributed by atoms with Gasteiger partial charge in [-0.3, -0.25) is 0 Å². The molecule has 0 atom stereocenters. The largest absolute Gasteiger partial charge is 0.497 e. The number of methoxy groups -OCH3 is 3. The van der Waals surface area contributed by atoms with Crippen LogP contribution in [0.1, 0.15) is 11.5 Å². The number of ether oxygens (including phenoxy) is 3. The van der Waals surface area contributed by atoms with E-state index in [1.807, 2.05) is 48.5 Å². The zero-order valence-electron chi connectivity index (χ0n) is 14.2. The molecular formula is C19H18N2O4. The fourth-order valence-electron chi connectivity index (χ4n) is 2.31. The van der Waals surface area contributed by atoms with Crippen molar-refractivity contribution in [2.45, 2.75) is 0 Å². The molecule has 1 heterocycles. The Bertz CT molecular complexity index is 887. The van der Waals surface area contributed by atoms with Gasteiger partial charge in [0.2, 0.25) is 5.82 Å². The summed E-state index contributed by atoms with van der Waals surface area (Å²) in [7, 11) is 4.82. The van der Waals surface area contributed by atoms with Crippen LogP contribution in [0.4, 0.5) is 0 Å². The van der Waals surface area contributed by atoms with Gasteiger partial charge in [-0.05, 0) is 35.9 Å². The van der Waals surface area contributed by atoms with E-state index in [9.17, 15) is 0 Å². The molecule has 0 radical (unpaired) electrons. The average molecular weight is 338 g/mol. The molecule has 0 N–H and O–H groups in total. The molecule has 128 valence electrons. The highest BCUT2D eigenvalue weighted by molar-refractivity contribution is 5.68. The van der Waals surface area contributed by atoms with Crippen LogP contribution in [0.25, 0.3) is 23.5 Å². The van der Waals surface area contributed by atoms with E-state index in [0.29, 0.717) is 23.2 Å². The molecule has 25 heavy (non-hydrogen) atoms. The SMILES string of the molecule is COc1cccc(-c2noc(/C=C/c3ccc(OC)c(OC)c3)n2)c1. The zero-order chi connectivity index (χ0) is 17.6. The standard InChI is InChI=1S/C19H18N2O4/c1-22-15-6-4-5-14(12-15)19-20-18(25-21-19)10-8-13-7-9-16(23-2)17(11-13)24-3/h4-12H,1-3H3/b10-8+. The Balaban J connectivity index is 1.80. The van der Waals surface area contributed by atoms with E-state index in [0.717, 1.165) is 16.9 Å². The predicted octanol–water partition coefficient (Wildman–Crippen LogP) is 3.93. The van der Waals surface area contributed by atoms with Crippen LogP contribution < -0.4 is 14.2 Å². The number of hydrogen-bond acceptors (Lipinski definition) is 6. The van der Waals surface area contributed by atoms with Crippen LogP contribution in [0.2, 0.25) is 0 Å². The molecule has 0 aliphatic carbocycles. The maximum Gasteiger partial charge on any atom is 0.250 e. The summed E-state index contributed by atoms with van der Waals surface area (Å²) < 4.78 is 21.0. The van der Waals surface area contributed by atoms with Crippen molar-refractivity contribution in [2.24, 2.45) is 0 Å². The van der Waals surface area contributed by atoms with E-state index in [1.165, 1.54) is 0 Å². The third-order valence-corrected chi connectivity index (χ3v) is 3.60. The van der Waals surface area contributed by atoms with Gasteiger partial charge in [0.15, 0.2) is 11.5 Å². The van der Waals surface area contributed by atoms with E-state index >= 15 is 0 Å². The number of benzene rings is 2. The molecule has 0 saturated carbocycles. The number of aromatic nitrogens is 2. The molecule has 6 nitrogen and oxygen atoms in total. The molecule has 0 bridgehead atoms. The summed E-state index contributed by atoms with van der Waals surface area (Å²) in [6.07, 6.45) is 3.61. The van der Waals surface area contributed by atoms with Crippen molar-refractivity contribution in [3.8, 4) is 28.6 Å². The Hall–Kier alpha value is -3.28. The summed E-state index contributed by atoms with van der Waals surface area (Å²) in [5.41, 5.74) is 1.76. The van der Waals surface area contributed by atoms with Crippen molar-refractivity contribution in [2.75, 3.05) is 21.3 Å². The van der Waals surface area contributed by atoms with E-state index in [2.05, 4.69) is 10.1 Å². The minimum atomic E-state index is 0.410. The smallest absolute Gasteiger partial charge is 0.250 e. The zero-order valence-corrected chi connectivity index (χ0v) is 14.2. The van der Waals surface area contributed by atoms with Crippen molar-refractivity contribution in [1.29, 1.82) is 0 Å². The quantitative estimate of drug-likeness (QED) is 0.678. The molecule has 0 amide bonds. The highest BCUT2D eigenvalue weighted by Crippen LogP contribution is 2.28. The van der Waals surface area contributed by atoms with Crippen molar-refractivity contribution >= 4 is 12.2 Å². The molecule has 3 aromatic rings. The third-order valence-electron chi connectivity index (χ3n) is 3.60. The lowest BCUT2D eigenvalue weighted by atomic mass is 10.2. The second-order valence-corrected chi connectivity index (χ2v) is 5.14. The van der Waals surface area contributed by atoms with Gasteiger partial charge in [0.05, 0.1) is 21.3 Å². The normalized spacial score (nSPS) is 10.8. The van der Waals surface area contributed by atoms with Crippen LogP contribution in [0.5, 0.6) is 17.2 Å². The Morgan fingerprint density at radius 1 is 0.880 bits per heavy atom. The van der Waals surface area contributed by atoms with Crippen molar-refractivity contribution < 1.29 is 18.7 Å². The van der Waals surface area contributed by atoms with Gasteiger partial charge in [-0.1, -0.05) is 23.4 Å². The first-order chi connectivity index (χ1) is 12.2. The number of nitrogens with zero attached hydrogens (tertiary/aromatic N) is 2. The molecule has 1 aromatic heterocycles. The van der Waals surface area contributed by atoms with Crippen LogP contribution in [0.3, 0.4) is 0 Å². The van der Waals surface area contributed by atoms with Crippen LogP contribution in [-0.4, -0.2) is 31.5 Å². The molecule has 0 saturated heterocycles. The Kier molecular flexibility index (Phi) is 4.99. The Morgan fingerprint density at radius 3 is 2.48 bits per heavy atom. The third kappa shape index (κ3) is 3.80. The second-order valence-electron chi connectivity index (χ2n) is 5.14. The monoisotopic (exact) mass is 338 g/mol. The first-order valence-corrected chi connectivity index (χ1v) is 7.61. The van der Waals surface area contributed by atoms with Gasteiger partial charge in [-0.2, -0.15) is 4.98 Å². The maximum atomic E-state index is 5.29. The lowest BCUT2D eigenvalue weighted by Gasteiger charge is -2.07. The molecule has 0 fully saturated rings. The molecule has 0 aliphatic heterocycles. The van der Waals surface area contributed by atoms with Gasteiger partial charge in [0.1, 0.15) is 5.75 Å². The predicted molar refractivity (Wildman–Crippen MR) is 94.8 cm³/mol. The lowest BCUT2D eigenvalue weighted by molar-refractivity contribution is 0.355. The summed E-state index contributed by atoms with van der Waals surface area (Å²) in [5.74, 6) is 2.99. The van der Waals surface area contributed by atoms with Gasteiger partial charge in [-0.25, -0.2) is 0 Å².